The molecule has 1 aromatic heterocycles. The lowest BCUT2D eigenvalue weighted by Crippen LogP contribution is -2.50. The van der Waals surface area contributed by atoms with Gasteiger partial charge in [-0.05, 0) is 20.3 Å². The van der Waals surface area contributed by atoms with Crippen LogP contribution in [0.1, 0.15) is 30.2 Å². The Morgan fingerprint density at radius 1 is 1.27 bits per heavy atom. The molecule has 124 valence electrons. The molecule has 2 heterocycles. The third-order valence-corrected chi connectivity index (χ3v) is 4.73. The zero-order valence-electron chi connectivity index (χ0n) is 14.3. The number of aliphatic hydroxyl groups is 1. The Morgan fingerprint density at radius 3 is 2.50 bits per heavy atom. The van der Waals surface area contributed by atoms with Crippen molar-refractivity contribution in [1.29, 1.82) is 0 Å². The van der Waals surface area contributed by atoms with Crippen LogP contribution in [0.4, 0.5) is 0 Å². The number of hydrogen-bond acceptors (Lipinski definition) is 5. The molecule has 22 heavy (non-hydrogen) atoms. The van der Waals surface area contributed by atoms with Crippen LogP contribution in [-0.2, 0) is 6.54 Å². The third kappa shape index (κ3) is 3.77. The van der Waals surface area contributed by atoms with Crippen molar-refractivity contribution in [2.24, 2.45) is 0 Å². The van der Waals surface area contributed by atoms with Gasteiger partial charge in [-0.3, -0.25) is 14.8 Å². The maximum absolute atomic E-state index is 9.42. The SMILES string of the molecule is CCC(CO)N1CCN(Cc2ncc(C)c(OC)c2C)CC1. The quantitative estimate of drug-likeness (QED) is 0.865. The van der Waals surface area contributed by atoms with Crippen LogP contribution >= 0.6 is 0 Å². The highest BCUT2D eigenvalue weighted by Crippen LogP contribution is 2.25. The second-order valence-corrected chi connectivity index (χ2v) is 6.10. The van der Waals surface area contributed by atoms with Gasteiger partial charge in [-0.1, -0.05) is 6.92 Å². The second-order valence-electron chi connectivity index (χ2n) is 6.10. The molecule has 1 aliphatic heterocycles. The van der Waals surface area contributed by atoms with Crippen LogP contribution in [0.25, 0.3) is 0 Å². The van der Waals surface area contributed by atoms with Crippen LogP contribution < -0.4 is 4.74 Å². The molecule has 1 unspecified atom stereocenters. The normalized spacial score (nSPS) is 18.4. The Bertz CT molecular complexity index is 481. The predicted molar refractivity (Wildman–Crippen MR) is 88.3 cm³/mol. The Balaban J connectivity index is 1.97. The second kappa shape index (κ2) is 7.90. The van der Waals surface area contributed by atoms with E-state index in [0.717, 1.165) is 61.7 Å². The average Bonchev–Trinajstić information content (AvgIpc) is 2.53. The molecule has 5 heteroatoms. The molecule has 0 amide bonds. The van der Waals surface area contributed by atoms with Crippen LogP contribution in [0.5, 0.6) is 5.75 Å². The zero-order chi connectivity index (χ0) is 16.1. The fraction of sp³-hybridized carbons (Fsp3) is 0.706. The molecule has 0 spiro atoms. The molecule has 1 saturated heterocycles. The van der Waals surface area contributed by atoms with Crippen LogP contribution in [0.15, 0.2) is 6.20 Å². The summed E-state index contributed by atoms with van der Waals surface area (Å²) in [6.07, 6.45) is 2.91. The summed E-state index contributed by atoms with van der Waals surface area (Å²) in [5.41, 5.74) is 3.33. The highest BCUT2D eigenvalue weighted by Gasteiger charge is 2.23. The van der Waals surface area contributed by atoms with Crippen LogP contribution in [0.3, 0.4) is 0 Å². The Labute approximate surface area is 133 Å². The molecule has 0 aromatic carbocycles. The van der Waals surface area contributed by atoms with Crippen LogP contribution in [-0.4, -0.2) is 65.8 Å². The number of pyridine rings is 1. The Morgan fingerprint density at radius 2 is 1.95 bits per heavy atom. The lowest BCUT2D eigenvalue weighted by molar-refractivity contribution is 0.0602. The first-order chi connectivity index (χ1) is 10.6. The zero-order valence-corrected chi connectivity index (χ0v) is 14.3. The van der Waals surface area contributed by atoms with Crippen molar-refractivity contribution in [3.05, 3.63) is 23.0 Å². The van der Waals surface area contributed by atoms with Gasteiger partial charge in [0, 0.05) is 56.1 Å². The Hall–Kier alpha value is -1.17. The molecule has 1 fully saturated rings. The number of methoxy groups -OCH3 is 1. The monoisotopic (exact) mass is 307 g/mol. The van der Waals surface area contributed by atoms with Crippen LogP contribution in [0, 0.1) is 13.8 Å². The number of rotatable bonds is 6. The molecule has 1 N–H and O–H groups in total. The maximum Gasteiger partial charge on any atom is 0.128 e. The van der Waals surface area contributed by atoms with Gasteiger partial charge in [0.2, 0.25) is 0 Å². The standard InChI is InChI=1S/C17H29N3O2/c1-5-15(12-21)20-8-6-19(7-9-20)11-16-14(3)17(22-4)13(2)10-18-16/h10,15,21H,5-9,11-12H2,1-4H3. The van der Waals surface area contributed by atoms with E-state index in [0.29, 0.717) is 6.04 Å². The summed E-state index contributed by atoms with van der Waals surface area (Å²) in [6, 6.07) is 0.307. The van der Waals surface area contributed by atoms with Gasteiger partial charge in [-0.25, -0.2) is 0 Å². The molecule has 2 rings (SSSR count). The molecule has 0 aliphatic carbocycles. The number of ether oxygens (including phenoxy) is 1. The van der Waals surface area contributed by atoms with Gasteiger partial charge >= 0.3 is 0 Å². The van der Waals surface area contributed by atoms with E-state index in [2.05, 4.69) is 28.6 Å². The molecule has 1 aliphatic rings. The lowest BCUT2D eigenvalue weighted by atomic mass is 10.1. The molecular weight excluding hydrogens is 278 g/mol. The topological polar surface area (TPSA) is 48.8 Å². The van der Waals surface area contributed by atoms with E-state index in [-0.39, 0.29) is 6.61 Å². The van der Waals surface area contributed by atoms with Gasteiger partial charge in [0.05, 0.1) is 19.4 Å². The Kier molecular flexibility index (Phi) is 6.17. The summed E-state index contributed by atoms with van der Waals surface area (Å²) in [4.78, 5) is 9.42. The molecule has 0 saturated carbocycles. The first kappa shape index (κ1) is 17.2. The van der Waals surface area contributed by atoms with E-state index in [1.54, 1.807) is 7.11 Å². The first-order valence-electron chi connectivity index (χ1n) is 8.17. The minimum Gasteiger partial charge on any atom is -0.496 e. The molecule has 1 atom stereocenters. The smallest absolute Gasteiger partial charge is 0.128 e. The predicted octanol–water partition coefficient (Wildman–Crippen LogP) is 1.60. The van der Waals surface area contributed by atoms with Gasteiger partial charge in [-0.15, -0.1) is 0 Å². The number of aryl methyl sites for hydroxylation is 1. The number of hydrogen-bond donors (Lipinski definition) is 1. The lowest BCUT2D eigenvalue weighted by Gasteiger charge is -2.38. The van der Waals surface area contributed by atoms with E-state index in [1.165, 1.54) is 0 Å². The van der Waals surface area contributed by atoms with Gasteiger partial charge in [0.25, 0.3) is 0 Å². The van der Waals surface area contributed by atoms with Crippen molar-refractivity contribution in [3.8, 4) is 5.75 Å². The van der Waals surface area contributed by atoms with E-state index >= 15 is 0 Å². The minimum absolute atomic E-state index is 0.256. The number of piperazine rings is 1. The van der Waals surface area contributed by atoms with Crippen LogP contribution in [0.2, 0.25) is 0 Å². The largest absolute Gasteiger partial charge is 0.496 e. The molecule has 1 aromatic rings. The fourth-order valence-electron chi connectivity index (χ4n) is 3.23. The summed E-state index contributed by atoms with van der Waals surface area (Å²) in [5, 5.41) is 9.42. The van der Waals surface area contributed by atoms with Crippen molar-refractivity contribution in [3.63, 3.8) is 0 Å². The van der Waals surface area contributed by atoms with Gasteiger partial charge in [0.1, 0.15) is 5.75 Å². The van der Waals surface area contributed by atoms with Gasteiger partial charge < -0.3 is 9.84 Å². The molecular formula is C17H29N3O2. The van der Waals surface area contributed by atoms with Gasteiger partial charge in [-0.2, -0.15) is 0 Å². The summed E-state index contributed by atoms with van der Waals surface area (Å²) < 4.78 is 5.49. The average molecular weight is 307 g/mol. The van der Waals surface area contributed by atoms with Crippen molar-refractivity contribution < 1.29 is 9.84 Å². The summed E-state index contributed by atoms with van der Waals surface area (Å²) >= 11 is 0. The highest BCUT2D eigenvalue weighted by molar-refractivity contribution is 5.41. The number of aliphatic hydroxyl groups excluding tert-OH is 1. The third-order valence-electron chi connectivity index (χ3n) is 4.73. The summed E-state index contributed by atoms with van der Waals surface area (Å²) in [6.45, 7) is 11.5. The highest BCUT2D eigenvalue weighted by atomic mass is 16.5. The van der Waals surface area contributed by atoms with Crippen molar-refractivity contribution in [1.82, 2.24) is 14.8 Å². The van der Waals surface area contributed by atoms with Crippen molar-refractivity contribution in [2.45, 2.75) is 39.8 Å². The summed E-state index contributed by atoms with van der Waals surface area (Å²) in [5.74, 6) is 0.954. The number of aromatic nitrogens is 1. The molecule has 0 radical (unpaired) electrons. The van der Waals surface area contributed by atoms with E-state index in [4.69, 9.17) is 4.74 Å². The van der Waals surface area contributed by atoms with E-state index in [9.17, 15) is 5.11 Å². The van der Waals surface area contributed by atoms with Gasteiger partial charge in [0.15, 0.2) is 0 Å². The number of nitrogens with zero attached hydrogens (tertiary/aromatic N) is 3. The van der Waals surface area contributed by atoms with Crippen molar-refractivity contribution >= 4 is 0 Å². The molecule has 5 nitrogen and oxygen atoms in total. The molecule has 0 bridgehead atoms. The van der Waals surface area contributed by atoms with E-state index < -0.39 is 0 Å². The van der Waals surface area contributed by atoms with Crippen molar-refractivity contribution in [2.75, 3.05) is 39.9 Å². The fourth-order valence-corrected chi connectivity index (χ4v) is 3.23. The van der Waals surface area contributed by atoms with E-state index in [1.807, 2.05) is 13.1 Å². The first-order valence-corrected chi connectivity index (χ1v) is 8.17. The minimum atomic E-state index is 0.256. The maximum atomic E-state index is 9.42. The summed E-state index contributed by atoms with van der Waals surface area (Å²) in [7, 11) is 1.72.